The van der Waals surface area contributed by atoms with Gasteiger partial charge in [0.2, 0.25) is 0 Å². The normalized spacial score (nSPS) is 10.7. The standard InChI is InChI=1S/C16H15N3O/c1-10-7-13-14(8-11(10)2)18-6-5-15(13)20-12-3-4-16(17)19-9-12/h3-9H,1-2H3,(H2,17,19). The highest BCUT2D eigenvalue weighted by molar-refractivity contribution is 5.86. The number of aryl methyl sites for hydroxylation is 2. The fourth-order valence-electron chi connectivity index (χ4n) is 2.05. The molecule has 0 radical (unpaired) electrons. The van der Waals surface area contributed by atoms with Crippen LogP contribution >= 0.6 is 0 Å². The highest BCUT2D eigenvalue weighted by Crippen LogP contribution is 2.30. The van der Waals surface area contributed by atoms with E-state index in [0.29, 0.717) is 11.6 Å². The van der Waals surface area contributed by atoms with E-state index in [0.717, 1.165) is 16.7 Å². The number of rotatable bonds is 2. The number of pyridine rings is 2. The number of nitrogen functional groups attached to an aromatic ring is 1. The Morgan fingerprint density at radius 1 is 1.00 bits per heavy atom. The molecule has 0 atom stereocenters. The van der Waals surface area contributed by atoms with E-state index in [1.807, 2.05) is 6.07 Å². The Labute approximate surface area is 117 Å². The summed E-state index contributed by atoms with van der Waals surface area (Å²) in [4.78, 5) is 8.41. The third kappa shape index (κ3) is 2.28. The Bertz CT molecular complexity index is 767. The fraction of sp³-hybridized carbons (Fsp3) is 0.125. The van der Waals surface area contributed by atoms with E-state index in [9.17, 15) is 0 Å². The molecular formula is C16H15N3O. The van der Waals surface area contributed by atoms with E-state index in [1.165, 1.54) is 11.1 Å². The SMILES string of the molecule is Cc1cc2nccc(Oc3ccc(N)nc3)c2cc1C. The number of hydrogen-bond acceptors (Lipinski definition) is 4. The summed E-state index contributed by atoms with van der Waals surface area (Å²) in [5, 5.41) is 0.993. The minimum atomic E-state index is 0.475. The molecule has 100 valence electrons. The quantitative estimate of drug-likeness (QED) is 0.768. The van der Waals surface area contributed by atoms with Gasteiger partial charge in [-0.3, -0.25) is 4.98 Å². The van der Waals surface area contributed by atoms with Crippen LogP contribution in [0.2, 0.25) is 0 Å². The maximum atomic E-state index is 5.88. The Hall–Kier alpha value is -2.62. The van der Waals surface area contributed by atoms with Gasteiger partial charge in [-0.2, -0.15) is 0 Å². The summed E-state index contributed by atoms with van der Waals surface area (Å²) in [6.07, 6.45) is 3.36. The lowest BCUT2D eigenvalue weighted by Gasteiger charge is -2.10. The van der Waals surface area contributed by atoms with Gasteiger partial charge < -0.3 is 10.5 Å². The zero-order valence-electron chi connectivity index (χ0n) is 11.4. The monoisotopic (exact) mass is 265 g/mol. The Morgan fingerprint density at radius 3 is 2.55 bits per heavy atom. The average Bonchev–Trinajstić information content (AvgIpc) is 2.43. The minimum absolute atomic E-state index is 0.475. The second-order valence-corrected chi connectivity index (χ2v) is 4.78. The lowest BCUT2D eigenvalue weighted by Crippen LogP contribution is -1.92. The molecule has 20 heavy (non-hydrogen) atoms. The van der Waals surface area contributed by atoms with Crippen LogP contribution in [0.3, 0.4) is 0 Å². The number of fused-ring (bicyclic) bond motifs is 1. The maximum absolute atomic E-state index is 5.88. The zero-order valence-corrected chi connectivity index (χ0v) is 11.4. The van der Waals surface area contributed by atoms with Crippen molar-refractivity contribution in [2.45, 2.75) is 13.8 Å². The molecule has 3 aromatic rings. The molecule has 0 saturated heterocycles. The molecule has 0 spiro atoms. The molecule has 0 bridgehead atoms. The first kappa shape index (κ1) is 12.4. The molecule has 4 heteroatoms. The van der Waals surface area contributed by atoms with E-state index in [4.69, 9.17) is 10.5 Å². The van der Waals surface area contributed by atoms with Gasteiger partial charge in [0, 0.05) is 11.6 Å². The zero-order chi connectivity index (χ0) is 14.1. The van der Waals surface area contributed by atoms with E-state index >= 15 is 0 Å². The molecular weight excluding hydrogens is 250 g/mol. The third-order valence-electron chi connectivity index (χ3n) is 3.30. The van der Waals surface area contributed by atoms with Gasteiger partial charge in [0.1, 0.15) is 17.3 Å². The third-order valence-corrected chi connectivity index (χ3v) is 3.30. The lowest BCUT2D eigenvalue weighted by molar-refractivity contribution is 0.485. The molecule has 0 aliphatic carbocycles. The molecule has 0 aliphatic rings. The van der Waals surface area contributed by atoms with Crippen molar-refractivity contribution in [1.29, 1.82) is 0 Å². The summed E-state index contributed by atoms with van der Waals surface area (Å²) in [6.45, 7) is 4.16. The second kappa shape index (κ2) is 4.81. The van der Waals surface area contributed by atoms with Gasteiger partial charge in [0.25, 0.3) is 0 Å². The molecule has 0 amide bonds. The van der Waals surface area contributed by atoms with Crippen molar-refractivity contribution in [2.75, 3.05) is 5.73 Å². The van der Waals surface area contributed by atoms with Gasteiger partial charge in [-0.1, -0.05) is 0 Å². The summed E-state index contributed by atoms with van der Waals surface area (Å²) < 4.78 is 5.88. The molecule has 0 aliphatic heterocycles. The van der Waals surface area contributed by atoms with Crippen LogP contribution in [0.25, 0.3) is 10.9 Å². The molecule has 2 N–H and O–H groups in total. The van der Waals surface area contributed by atoms with E-state index in [-0.39, 0.29) is 0 Å². The average molecular weight is 265 g/mol. The predicted molar refractivity (Wildman–Crippen MR) is 79.9 cm³/mol. The van der Waals surface area contributed by atoms with E-state index in [2.05, 4.69) is 35.9 Å². The van der Waals surface area contributed by atoms with E-state index in [1.54, 1.807) is 24.5 Å². The maximum Gasteiger partial charge on any atom is 0.145 e. The van der Waals surface area contributed by atoms with Crippen molar-refractivity contribution in [1.82, 2.24) is 9.97 Å². The molecule has 3 rings (SSSR count). The largest absolute Gasteiger partial charge is 0.455 e. The van der Waals surface area contributed by atoms with Crippen LogP contribution in [0, 0.1) is 13.8 Å². The molecule has 1 aromatic carbocycles. The van der Waals surface area contributed by atoms with Gasteiger partial charge >= 0.3 is 0 Å². The Balaban J connectivity index is 2.07. The van der Waals surface area contributed by atoms with Crippen LogP contribution in [0.15, 0.2) is 42.7 Å². The first-order chi connectivity index (χ1) is 9.63. The van der Waals surface area contributed by atoms with Gasteiger partial charge in [0.15, 0.2) is 0 Å². The van der Waals surface area contributed by atoms with Crippen molar-refractivity contribution in [3.8, 4) is 11.5 Å². The number of nitrogens with zero attached hydrogens (tertiary/aromatic N) is 2. The number of aromatic nitrogens is 2. The minimum Gasteiger partial charge on any atom is -0.455 e. The summed E-state index contributed by atoms with van der Waals surface area (Å²) >= 11 is 0. The summed E-state index contributed by atoms with van der Waals surface area (Å²) in [7, 11) is 0. The number of benzene rings is 1. The first-order valence-electron chi connectivity index (χ1n) is 6.39. The molecule has 4 nitrogen and oxygen atoms in total. The summed E-state index contributed by atoms with van der Waals surface area (Å²) in [5.41, 5.74) is 8.93. The van der Waals surface area contributed by atoms with Gasteiger partial charge in [-0.25, -0.2) is 4.98 Å². The van der Waals surface area contributed by atoms with E-state index < -0.39 is 0 Å². The number of ether oxygens (including phenoxy) is 1. The van der Waals surface area contributed by atoms with Crippen molar-refractivity contribution >= 4 is 16.7 Å². The topological polar surface area (TPSA) is 61.0 Å². The van der Waals surface area contributed by atoms with Gasteiger partial charge in [-0.15, -0.1) is 0 Å². The van der Waals surface area contributed by atoms with Crippen molar-refractivity contribution < 1.29 is 4.74 Å². The van der Waals surface area contributed by atoms with Crippen LogP contribution in [0.1, 0.15) is 11.1 Å². The Morgan fingerprint density at radius 2 is 1.80 bits per heavy atom. The smallest absolute Gasteiger partial charge is 0.145 e. The van der Waals surface area contributed by atoms with Crippen molar-refractivity contribution in [3.63, 3.8) is 0 Å². The van der Waals surface area contributed by atoms with Crippen LogP contribution < -0.4 is 10.5 Å². The predicted octanol–water partition coefficient (Wildman–Crippen LogP) is 3.62. The van der Waals surface area contributed by atoms with Crippen molar-refractivity contribution in [2.24, 2.45) is 0 Å². The van der Waals surface area contributed by atoms with Crippen LogP contribution in [0.5, 0.6) is 11.5 Å². The van der Waals surface area contributed by atoms with Gasteiger partial charge in [-0.05, 0) is 55.3 Å². The molecule has 0 saturated carbocycles. The molecule has 0 unspecified atom stereocenters. The number of nitrogens with two attached hydrogens (primary N) is 1. The van der Waals surface area contributed by atoms with Gasteiger partial charge in [0.05, 0.1) is 11.7 Å². The highest BCUT2D eigenvalue weighted by Gasteiger charge is 2.06. The molecule has 0 fully saturated rings. The summed E-state index contributed by atoms with van der Waals surface area (Å²) in [6, 6.07) is 9.54. The molecule has 2 heterocycles. The molecule has 2 aromatic heterocycles. The van der Waals surface area contributed by atoms with Crippen LogP contribution in [0.4, 0.5) is 5.82 Å². The number of hydrogen-bond donors (Lipinski definition) is 1. The highest BCUT2D eigenvalue weighted by atomic mass is 16.5. The fourth-order valence-corrected chi connectivity index (χ4v) is 2.05. The lowest BCUT2D eigenvalue weighted by atomic mass is 10.1. The van der Waals surface area contributed by atoms with Crippen LogP contribution in [-0.2, 0) is 0 Å². The van der Waals surface area contributed by atoms with Crippen LogP contribution in [-0.4, -0.2) is 9.97 Å². The number of anilines is 1. The first-order valence-corrected chi connectivity index (χ1v) is 6.39. The van der Waals surface area contributed by atoms with Crippen molar-refractivity contribution in [3.05, 3.63) is 53.9 Å². The Kier molecular flexibility index (Phi) is 2.99. The second-order valence-electron chi connectivity index (χ2n) is 4.78. The summed E-state index contributed by atoms with van der Waals surface area (Å²) in [5.74, 6) is 1.90.